The van der Waals surface area contributed by atoms with E-state index in [9.17, 15) is 4.79 Å². The first-order valence-electron chi connectivity index (χ1n) is 7.10. The monoisotopic (exact) mass is 354 g/mol. The highest BCUT2D eigenvalue weighted by Gasteiger charge is 2.26. The largest absolute Gasteiger partial charge is 0.322 e. The molecule has 22 heavy (non-hydrogen) atoms. The molecule has 0 radical (unpaired) electrons. The van der Waals surface area contributed by atoms with Crippen LogP contribution in [0.3, 0.4) is 0 Å². The quantitative estimate of drug-likeness (QED) is 0.872. The zero-order valence-electron chi connectivity index (χ0n) is 12.1. The van der Waals surface area contributed by atoms with Gasteiger partial charge in [-0.05, 0) is 42.5 Å². The summed E-state index contributed by atoms with van der Waals surface area (Å²) in [5.74, 6) is -0.0967. The molecule has 0 bridgehead atoms. The van der Waals surface area contributed by atoms with Crippen molar-refractivity contribution >= 4 is 46.1 Å². The molecule has 0 fully saturated rings. The van der Waals surface area contributed by atoms with Gasteiger partial charge < -0.3 is 5.32 Å². The molecule has 2 aromatic rings. The lowest BCUT2D eigenvalue weighted by Crippen LogP contribution is -2.39. The third kappa shape index (κ3) is 3.15. The van der Waals surface area contributed by atoms with Gasteiger partial charge in [-0.1, -0.05) is 29.3 Å². The molecule has 1 aromatic carbocycles. The number of nitrogens with zero attached hydrogens (tertiary/aromatic N) is 1. The number of thiophene rings is 1. The molecule has 0 spiro atoms. The lowest BCUT2D eigenvalue weighted by atomic mass is 10.0. The highest BCUT2D eigenvalue weighted by atomic mass is 35.5. The number of carbonyl (C=O) groups is 1. The Hall–Kier alpha value is -1.07. The molecule has 2 heterocycles. The van der Waals surface area contributed by atoms with Crippen LogP contribution in [0.5, 0.6) is 0 Å². The molecular weight excluding hydrogens is 339 g/mol. The first-order chi connectivity index (χ1) is 10.6. The second-order valence-corrected chi connectivity index (χ2v) is 7.16. The molecule has 1 amide bonds. The van der Waals surface area contributed by atoms with Crippen LogP contribution in [0.1, 0.15) is 23.4 Å². The molecule has 3 nitrogen and oxygen atoms in total. The standard InChI is InChI=1S/C16H16Cl2N2OS/c1-10-11-6-8-22-14(11)5-7-20(10)9-15(21)19-16-12(17)3-2-4-13(16)18/h2-4,6,8,10H,5,7,9H2,1H3,(H,19,21). The number of para-hydroxylation sites is 1. The Bertz CT molecular complexity index is 681. The molecule has 3 rings (SSSR count). The number of anilines is 1. The van der Waals surface area contributed by atoms with E-state index in [4.69, 9.17) is 23.2 Å². The van der Waals surface area contributed by atoms with Gasteiger partial charge >= 0.3 is 0 Å². The Morgan fingerprint density at radius 2 is 2.09 bits per heavy atom. The summed E-state index contributed by atoms with van der Waals surface area (Å²) < 4.78 is 0. The van der Waals surface area contributed by atoms with Crippen LogP contribution in [0.15, 0.2) is 29.6 Å². The second-order valence-electron chi connectivity index (χ2n) is 5.34. The zero-order chi connectivity index (χ0) is 15.7. The Balaban J connectivity index is 1.68. The molecule has 0 saturated carbocycles. The van der Waals surface area contributed by atoms with Gasteiger partial charge in [0.25, 0.3) is 0 Å². The summed E-state index contributed by atoms with van der Waals surface area (Å²) in [6.07, 6.45) is 0.997. The van der Waals surface area contributed by atoms with Crippen LogP contribution in [0.4, 0.5) is 5.69 Å². The van der Waals surface area contributed by atoms with Gasteiger partial charge in [-0.15, -0.1) is 11.3 Å². The maximum absolute atomic E-state index is 12.3. The molecule has 1 aliphatic rings. The van der Waals surface area contributed by atoms with Crippen molar-refractivity contribution in [3.8, 4) is 0 Å². The van der Waals surface area contributed by atoms with Gasteiger partial charge in [0.1, 0.15) is 0 Å². The van der Waals surface area contributed by atoms with Crippen LogP contribution in [-0.2, 0) is 11.2 Å². The van der Waals surface area contributed by atoms with Crippen LogP contribution >= 0.6 is 34.5 Å². The smallest absolute Gasteiger partial charge is 0.238 e. The topological polar surface area (TPSA) is 32.3 Å². The number of hydrogen-bond acceptors (Lipinski definition) is 3. The maximum atomic E-state index is 12.3. The molecule has 1 aliphatic heterocycles. The number of halogens is 2. The number of nitrogens with one attached hydrogen (secondary N) is 1. The van der Waals surface area contributed by atoms with E-state index in [1.807, 2.05) is 0 Å². The molecule has 1 atom stereocenters. The van der Waals surface area contributed by atoms with E-state index in [0.29, 0.717) is 22.3 Å². The number of fused-ring (bicyclic) bond motifs is 1. The van der Waals surface area contributed by atoms with Crippen molar-refractivity contribution in [3.05, 3.63) is 50.1 Å². The van der Waals surface area contributed by atoms with Gasteiger partial charge in [0, 0.05) is 17.5 Å². The van der Waals surface area contributed by atoms with E-state index >= 15 is 0 Å². The Kier molecular flexibility index (Phi) is 4.73. The summed E-state index contributed by atoms with van der Waals surface area (Å²) in [5.41, 5.74) is 1.82. The van der Waals surface area contributed by atoms with Gasteiger partial charge in [0.05, 0.1) is 22.3 Å². The molecular formula is C16H16Cl2N2OS. The average molecular weight is 355 g/mol. The van der Waals surface area contributed by atoms with E-state index < -0.39 is 0 Å². The van der Waals surface area contributed by atoms with Crippen LogP contribution < -0.4 is 5.32 Å². The molecule has 116 valence electrons. The lowest BCUT2D eigenvalue weighted by molar-refractivity contribution is -0.117. The number of rotatable bonds is 3. The first-order valence-corrected chi connectivity index (χ1v) is 8.74. The number of amides is 1. The molecule has 6 heteroatoms. The van der Waals surface area contributed by atoms with Gasteiger partial charge in [0.2, 0.25) is 5.91 Å². The molecule has 1 aromatic heterocycles. The van der Waals surface area contributed by atoms with Crippen LogP contribution in [0.25, 0.3) is 0 Å². The Labute approximate surface area is 143 Å². The molecule has 1 unspecified atom stereocenters. The minimum absolute atomic E-state index is 0.0967. The van der Waals surface area contributed by atoms with Crippen molar-refractivity contribution < 1.29 is 4.79 Å². The highest BCUT2D eigenvalue weighted by Crippen LogP contribution is 2.33. The minimum Gasteiger partial charge on any atom is -0.322 e. The normalized spacial score (nSPS) is 18.0. The summed E-state index contributed by atoms with van der Waals surface area (Å²) in [5, 5.41) is 5.84. The van der Waals surface area contributed by atoms with Gasteiger partial charge in [-0.2, -0.15) is 0 Å². The lowest BCUT2D eigenvalue weighted by Gasteiger charge is -2.33. The van der Waals surface area contributed by atoms with Crippen molar-refractivity contribution in [3.63, 3.8) is 0 Å². The van der Waals surface area contributed by atoms with Crippen LogP contribution in [0.2, 0.25) is 10.0 Å². The minimum atomic E-state index is -0.0967. The van der Waals surface area contributed by atoms with Gasteiger partial charge in [-0.3, -0.25) is 9.69 Å². The van der Waals surface area contributed by atoms with E-state index in [1.54, 1.807) is 29.5 Å². The van der Waals surface area contributed by atoms with Crippen molar-refractivity contribution in [1.29, 1.82) is 0 Å². The zero-order valence-corrected chi connectivity index (χ0v) is 14.4. The summed E-state index contributed by atoms with van der Waals surface area (Å²) >= 11 is 14.0. The third-order valence-corrected chi connectivity index (χ3v) is 5.60. The van der Waals surface area contributed by atoms with E-state index in [0.717, 1.165) is 13.0 Å². The van der Waals surface area contributed by atoms with E-state index in [-0.39, 0.29) is 11.9 Å². The fourth-order valence-electron chi connectivity index (χ4n) is 2.76. The summed E-state index contributed by atoms with van der Waals surface area (Å²) in [6, 6.07) is 7.58. The third-order valence-electron chi connectivity index (χ3n) is 3.98. The number of benzene rings is 1. The van der Waals surface area contributed by atoms with Gasteiger partial charge in [0.15, 0.2) is 0 Å². The van der Waals surface area contributed by atoms with Gasteiger partial charge in [-0.25, -0.2) is 0 Å². The fraction of sp³-hybridized carbons (Fsp3) is 0.312. The van der Waals surface area contributed by atoms with E-state index in [1.165, 1.54) is 10.4 Å². The fourth-order valence-corrected chi connectivity index (χ4v) is 4.21. The van der Waals surface area contributed by atoms with Crippen molar-refractivity contribution in [2.75, 3.05) is 18.4 Å². The van der Waals surface area contributed by atoms with Crippen LogP contribution in [-0.4, -0.2) is 23.9 Å². The van der Waals surface area contributed by atoms with Crippen LogP contribution in [0, 0.1) is 0 Å². The summed E-state index contributed by atoms with van der Waals surface area (Å²) in [4.78, 5) is 15.9. The predicted octanol–water partition coefficient (Wildman–Crippen LogP) is 4.61. The SMILES string of the molecule is CC1c2ccsc2CCN1CC(=O)Nc1c(Cl)cccc1Cl. The maximum Gasteiger partial charge on any atom is 0.238 e. The summed E-state index contributed by atoms with van der Waals surface area (Å²) in [7, 11) is 0. The van der Waals surface area contributed by atoms with Crippen molar-refractivity contribution in [2.24, 2.45) is 0 Å². The van der Waals surface area contributed by atoms with Crippen molar-refractivity contribution in [1.82, 2.24) is 4.90 Å². The molecule has 1 N–H and O–H groups in total. The number of carbonyl (C=O) groups excluding carboxylic acids is 1. The average Bonchev–Trinajstić information content (AvgIpc) is 2.95. The highest BCUT2D eigenvalue weighted by molar-refractivity contribution is 7.10. The van der Waals surface area contributed by atoms with Crippen molar-refractivity contribution in [2.45, 2.75) is 19.4 Å². The predicted molar refractivity (Wildman–Crippen MR) is 93.1 cm³/mol. The molecule has 0 saturated heterocycles. The molecule has 0 aliphatic carbocycles. The van der Waals surface area contributed by atoms with E-state index in [2.05, 4.69) is 28.6 Å². The summed E-state index contributed by atoms with van der Waals surface area (Å²) in [6.45, 7) is 3.36. The Morgan fingerprint density at radius 3 is 2.82 bits per heavy atom. The first kappa shape index (κ1) is 15.8. The second kappa shape index (κ2) is 6.59. The Morgan fingerprint density at radius 1 is 1.36 bits per heavy atom. The number of hydrogen-bond donors (Lipinski definition) is 1.